The summed E-state index contributed by atoms with van der Waals surface area (Å²) in [6, 6.07) is 8.70. The molecule has 0 fully saturated rings. The average molecular weight is 408 g/mol. The summed E-state index contributed by atoms with van der Waals surface area (Å²) in [6.45, 7) is 6.43. The van der Waals surface area contributed by atoms with Crippen molar-refractivity contribution in [1.29, 1.82) is 0 Å². The molecule has 8 heteroatoms. The van der Waals surface area contributed by atoms with E-state index < -0.39 is 12.3 Å². The van der Waals surface area contributed by atoms with Crippen LogP contribution in [0.25, 0.3) is 0 Å². The summed E-state index contributed by atoms with van der Waals surface area (Å²) in [4.78, 5) is 18.8. The van der Waals surface area contributed by atoms with Crippen molar-refractivity contribution >= 4 is 18.0 Å². The molecule has 0 aliphatic carbocycles. The normalized spacial score (nSPS) is 11.6. The molecule has 0 saturated carbocycles. The predicted molar refractivity (Wildman–Crippen MR) is 105 cm³/mol. The van der Waals surface area contributed by atoms with Crippen LogP contribution in [-0.4, -0.2) is 37.2 Å². The molecule has 156 valence electrons. The Morgan fingerprint density at radius 3 is 2.38 bits per heavy atom. The zero-order chi connectivity index (χ0) is 21.6. The van der Waals surface area contributed by atoms with Gasteiger partial charge in [0.1, 0.15) is 12.4 Å². The third-order valence-electron chi connectivity index (χ3n) is 4.18. The maximum Gasteiger partial charge on any atom is 0.573 e. The number of ether oxygens (including phenoxy) is 2. The van der Waals surface area contributed by atoms with Gasteiger partial charge in [0, 0.05) is 13.6 Å². The Bertz CT molecular complexity index is 878. The second kappa shape index (κ2) is 9.45. The number of nitrogens with zero attached hydrogens (tertiary/aromatic N) is 2. The van der Waals surface area contributed by atoms with Gasteiger partial charge in [-0.1, -0.05) is 12.1 Å². The van der Waals surface area contributed by atoms with Crippen LogP contribution in [0, 0.1) is 13.8 Å². The van der Waals surface area contributed by atoms with Crippen molar-refractivity contribution in [3.8, 4) is 5.75 Å². The number of halogens is 3. The Morgan fingerprint density at radius 2 is 1.79 bits per heavy atom. The number of hydrogen-bond donors (Lipinski definition) is 0. The van der Waals surface area contributed by atoms with Gasteiger partial charge in [-0.2, -0.15) is 0 Å². The van der Waals surface area contributed by atoms with Gasteiger partial charge < -0.3 is 14.4 Å². The molecule has 2 aromatic carbocycles. The summed E-state index contributed by atoms with van der Waals surface area (Å²) in [5, 5.41) is 0. The van der Waals surface area contributed by atoms with Crippen molar-refractivity contribution < 1.29 is 27.4 Å². The van der Waals surface area contributed by atoms with E-state index in [1.807, 2.05) is 31.9 Å². The first kappa shape index (κ1) is 22.3. The van der Waals surface area contributed by atoms with Crippen molar-refractivity contribution in [2.75, 3.05) is 13.6 Å². The molecule has 0 saturated heterocycles. The minimum atomic E-state index is -4.74. The molecule has 2 aromatic rings. The highest BCUT2D eigenvalue weighted by molar-refractivity contribution is 5.92. The third kappa shape index (κ3) is 6.81. The molecule has 5 nitrogen and oxygen atoms in total. The quantitative estimate of drug-likeness (QED) is 0.360. The molecule has 29 heavy (non-hydrogen) atoms. The molecule has 0 atom stereocenters. The van der Waals surface area contributed by atoms with E-state index >= 15 is 0 Å². The van der Waals surface area contributed by atoms with Gasteiger partial charge in [-0.25, -0.2) is 9.79 Å². The molecule has 0 aromatic heterocycles. The largest absolute Gasteiger partial charge is 0.573 e. The van der Waals surface area contributed by atoms with Gasteiger partial charge in [0.2, 0.25) is 0 Å². The lowest BCUT2D eigenvalue weighted by atomic mass is 10.0. The smallest absolute Gasteiger partial charge is 0.457 e. The number of rotatable bonds is 7. The van der Waals surface area contributed by atoms with E-state index in [4.69, 9.17) is 4.74 Å². The van der Waals surface area contributed by atoms with Crippen molar-refractivity contribution in [3.05, 3.63) is 58.7 Å². The molecule has 0 aliphatic heterocycles. The van der Waals surface area contributed by atoms with Crippen LogP contribution >= 0.6 is 0 Å². The SMILES string of the molecule is CCN(C)C=Nc1cc(C)c(C(=O)OCc2ccc(OC(F)(F)F)cc2)cc1C. The molecular weight excluding hydrogens is 385 g/mol. The first-order valence-electron chi connectivity index (χ1n) is 8.96. The number of benzene rings is 2. The highest BCUT2D eigenvalue weighted by Crippen LogP contribution is 2.25. The average Bonchev–Trinajstić information content (AvgIpc) is 2.66. The minimum absolute atomic E-state index is 0.0647. The number of esters is 1. The Hall–Kier alpha value is -3.03. The number of alkyl halides is 3. The molecule has 2 rings (SSSR count). The summed E-state index contributed by atoms with van der Waals surface area (Å²) in [6.07, 6.45) is -3.02. The fourth-order valence-corrected chi connectivity index (χ4v) is 2.42. The van der Waals surface area contributed by atoms with Crippen molar-refractivity contribution in [2.45, 2.75) is 33.7 Å². The van der Waals surface area contributed by atoms with Crippen LogP contribution in [0.15, 0.2) is 41.4 Å². The molecule has 0 amide bonds. The maximum absolute atomic E-state index is 12.4. The zero-order valence-electron chi connectivity index (χ0n) is 16.7. The number of carbonyl (C=O) groups excluding carboxylic acids is 1. The monoisotopic (exact) mass is 408 g/mol. The number of aryl methyl sites for hydroxylation is 2. The van der Waals surface area contributed by atoms with Crippen molar-refractivity contribution in [2.24, 2.45) is 4.99 Å². The van der Waals surface area contributed by atoms with E-state index in [0.717, 1.165) is 23.4 Å². The molecule has 0 aliphatic rings. The van der Waals surface area contributed by atoms with Crippen LogP contribution in [0.4, 0.5) is 18.9 Å². The van der Waals surface area contributed by atoms with E-state index in [2.05, 4.69) is 9.73 Å². The second-order valence-corrected chi connectivity index (χ2v) is 6.54. The molecular formula is C21H23F3N2O3. The maximum atomic E-state index is 12.4. The molecule has 0 radical (unpaired) electrons. The molecule has 0 spiro atoms. The van der Waals surface area contributed by atoms with Crippen LogP contribution in [0.3, 0.4) is 0 Å². The summed E-state index contributed by atoms with van der Waals surface area (Å²) >= 11 is 0. The Kier molecular flexibility index (Phi) is 7.25. The minimum Gasteiger partial charge on any atom is -0.457 e. The summed E-state index contributed by atoms with van der Waals surface area (Å²) in [5.41, 5.74) is 3.28. The van der Waals surface area contributed by atoms with E-state index in [0.29, 0.717) is 11.1 Å². The summed E-state index contributed by atoms with van der Waals surface area (Å²) in [5.74, 6) is -0.841. The highest BCUT2D eigenvalue weighted by Gasteiger charge is 2.30. The topological polar surface area (TPSA) is 51.1 Å². The third-order valence-corrected chi connectivity index (χ3v) is 4.18. The molecule has 0 bridgehead atoms. The van der Waals surface area contributed by atoms with Gasteiger partial charge in [-0.05, 0) is 61.7 Å². The number of aliphatic imine (C=N–C) groups is 1. The van der Waals surface area contributed by atoms with Crippen molar-refractivity contribution in [1.82, 2.24) is 4.90 Å². The lowest BCUT2D eigenvalue weighted by molar-refractivity contribution is -0.274. The fraction of sp³-hybridized carbons (Fsp3) is 0.333. The van der Waals surface area contributed by atoms with Crippen LogP contribution in [0.5, 0.6) is 5.75 Å². The Labute approximate surface area is 167 Å². The van der Waals surface area contributed by atoms with Crippen LogP contribution in [0.1, 0.15) is 34.0 Å². The lowest BCUT2D eigenvalue weighted by Gasteiger charge is -2.12. The fourth-order valence-electron chi connectivity index (χ4n) is 2.42. The van der Waals surface area contributed by atoms with Gasteiger partial charge in [-0.15, -0.1) is 13.2 Å². The lowest BCUT2D eigenvalue weighted by Crippen LogP contribution is -2.17. The number of hydrogen-bond acceptors (Lipinski definition) is 4. The molecule has 0 N–H and O–H groups in total. The summed E-state index contributed by atoms with van der Waals surface area (Å²) in [7, 11) is 1.92. The summed E-state index contributed by atoms with van der Waals surface area (Å²) < 4.78 is 45.7. The van der Waals surface area contributed by atoms with Crippen LogP contribution in [-0.2, 0) is 11.3 Å². The van der Waals surface area contributed by atoms with Gasteiger partial charge in [-0.3, -0.25) is 0 Å². The highest BCUT2D eigenvalue weighted by atomic mass is 19.4. The first-order chi connectivity index (χ1) is 13.6. The van der Waals surface area contributed by atoms with Gasteiger partial charge >= 0.3 is 12.3 Å². The van der Waals surface area contributed by atoms with Crippen molar-refractivity contribution in [3.63, 3.8) is 0 Å². The van der Waals surface area contributed by atoms with E-state index in [-0.39, 0.29) is 12.4 Å². The van der Waals surface area contributed by atoms with Gasteiger partial charge in [0.15, 0.2) is 0 Å². The van der Waals surface area contributed by atoms with Gasteiger partial charge in [0.25, 0.3) is 0 Å². The number of carbonyl (C=O) groups is 1. The first-order valence-corrected chi connectivity index (χ1v) is 8.96. The molecule has 0 unspecified atom stereocenters. The van der Waals surface area contributed by atoms with Crippen LogP contribution < -0.4 is 4.74 Å². The van der Waals surface area contributed by atoms with E-state index in [1.54, 1.807) is 19.3 Å². The van der Waals surface area contributed by atoms with Crippen LogP contribution in [0.2, 0.25) is 0 Å². The zero-order valence-corrected chi connectivity index (χ0v) is 16.7. The van der Waals surface area contributed by atoms with E-state index in [1.165, 1.54) is 24.3 Å². The molecule has 0 heterocycles. The van der Waals surface area contributed by atoms with Gasteiger partial charge in [0.05, 0.1) is 17.6 Å². The standard InChI is InChI=1S/C21H23F3N2O3/c1-5-26(4)13-25-19-11-14(2)18(10-15(19)3)20(27)28-12-16-6-8-17(9-7-16)29-21(22,23)24/h6-11,13H,5,12H2,1-4H3. The predicted octanol–water partition coefficient (Wildman–Crippen LogP) is 5.17. The van der Waals surface area contributed by atoms with E-state index in [9.17, 15) is 18.0 Å². The second-order valence-electron chi connectivity index (χ2n) is 6.54. The Balaban J connectivity index is 2.03. The Morgan fingerprint density at radius 1 is 1.14 bits per heavy atom.